The van der Waals surface area contributed by atoms with E-state index in [0.717, 1.165) is 0 Å². The average molecular weight is 521 g/mol. The number of rotatable bonds is 2. The molecule has 2 aliphatic heterocycles. The Kier molecular flexibility index (Phi) is 4.92. The topological polar surface area (TPSA) is 0 Å². The molecule has 0 bridgehead atoms. The van der Waals surface area contributed by atoms with Crippen LogP contribution < -0.4 is 0 Å². The predicted octanol–water partition coefficient (Wildman–Crippen LogP) is 11.1. The van der Waals surface area contributed by atoms with Gasteiger partial charge in [-0.1, -0.05) is 120 Å². The highest BCUT2D eigenvalue weighted by atomic mass is 32.2. The van der Waals surface area contributed by atoms with E-state index in [2.05, 4.69) is 123 Å². The van der Waals surface area contributed by atoms with Crippen LogP contribution in [0.2, 0.25) is 0 Å². The molecule has 0 saturated carbocycles. The molecule has 0 nitrogen and oxygen atoms in total. The van der Waals surface area contributed by atoms with Crippen molar-refractivity contribution in [3.8, 4) is 44.5 Å². The first-order valence-electron chi connectivity index (χ1n) is 13.0. The number of hydrogen-bond donors (Lipinski definition) is 0. The van der Waals surface area contributed by atoms with Gasteiger partial charge in [-0.3, -0.25) is 0 Å². The van der Waals surface area contributed by atoms with Crippen LogP contribution >= 0.6 is 23.5 Å². The number of benzene rings is 6. The van der Waals surface area contributed by atoms with Crippen LogP contribution in [0.4, 0.5) is 0 Å². The van der Waals surface area contributed by atoms with Crippen molar-refractivity contribution >= 4 is 34.3 Å². The second-order valence-electron chi connectivity index (χ2n) is 10.3. The lowest BCUT2D eigenvalue weighted by atomic mass is 9.90. The summed E-state index contributed by atoms with van der Waals surface area (Å²) < 4.78 is 0. The highest BCUT2D eigenvalue weighted by Crippen LogP contribution is 2.56. The van der Waals surface area contributed by atoms with E-state index in [0.29, 0.717) is 0 Å². The summed E-state index contributed by atoms with van der Waals surface area (Å²) in [6.07, 6.45) is 0. The molecule has 6 aromatic rings. The molecule has 2 aliphatic rings. The summed E-state index contributed by atoms with van der Waals surface area (Å²) in [6.45, 7) is 4.28. The summed E-state index contributed by atoms with van der Waals surface area (Å²) in [5.74, 6) is 0. The van der Waals surface area contributed by atoms with Crippen molar-refractivity contribution in [1.29, 1.82) is 0 Å². The van der Waals surface area contributed by atoms with Gasteiger partial charge in [0.2, 0.25) is 0 Å². The highest BCUT2D eigenvalue weighted by molar-refractivity contribution is 8.00. The Morgan fingerprint density at radius 3 is 1.13 bits per heavy atom. The normalized spacial score (nSPS) is 12.8. The second-order valence-corrected chi connectivity index (χ2v) is 12.5. The average Bonchev–Trinajstić information content (AvgIpc) is 2.95. The zero-order chi connectivity index (χ0) is 25.4. The standard InChI is InChI=1S/C36H24S2/c1-21-3-7-23(8-4-21)25-11-13-27-29-15-16-30-28-14-12-26(24-9-5-22(2)6-10-24)20-34(28)38-32-18-17-31(35(29)36(30)32)37-33(27)19-25/h3-20H,1-2H3. The van der Waals surface area contributed by atoms with Gasteiger partial charge in [0.1, 0.15) is 0 Å². The van der Waals surface area contributed by atoms with Crippen LogP contribution in [0.25, 0.3) is 55.3 Å². The van der Waals surface area contributed by atoms with E-state index >= 15 is 0 Å². The monoisotopic (exact) mass is 520 g/mol. The molecule has 0 unspecified atom stereocenters. The Hall–Kier alpha value is -3.72. The summed E-state index contributed by atoms with van der Waals surface area (Å²) in [7, 11) is 0. The maximum atomic E-state index is 2.36. The van der Waals surface area contributed by atoms with Crippen LogP contribution in [0.5, 0.6) is 0 Å². The van der Waals surface area contributed by atoms with Crippen molar-refractivity contribution in [3.63, 3.8) is 0 Å². The van der Waals surface area contributed by atoms with Crippen molar-refractivity contribution in [2.24, 2.45) is 0 Å². The molecule has 0 spiro atoms. The molecule has 180 valence electrons. The third-order valence-electron chi connectivity index (χ3n) is 7.84. The summed E-state index contributed by atoms with van der Waals surface area (Å²) in [5.41, 5.74) is 13.1. The van der Waals surface area contributed by atoms with E-state index in [1.54, 1.807) is 0 Å². The minimum atomic E-state index is 1.27. The van der Waals surface area contributed by atoms with Crippen LogP contribution in [0.15, 0.2) is 129 Å². The van der Waals surface area contributed by atoms with Crippen molar-refractivity contribution in [1.82, 2.24) is 0 Å². The smallest absolute Gasteiger partial charge is 0.0208 e. The van der Waals surface area contributed by atoms with Crippen LogP contribution in [-0.2, 0) is 0 Å². The van der Waals surface area contributed by atoms with E-state index in [1.165, 1.54) is 86.0 Å². The lowest BCUT2D eigenvalue weighted by Crippen LogP contribution is -1.99. The Morgan fingerprint density at radius 2 is 0.711 bits per heavy atom. The molecule has 8 rings (SSSR count). The zero-order valence-corrected chi connectivity index (χ0v) is 22.8. The van der Waals surface area contributed by atoms with Crippen LogP contribution in [0.1, 0.15) is 11.1 Å². The molecule has 0 fully saturated rings. The molecular weight excluding hydrogens is 497 g/mol. The van der Waals surface area contributed by atoms with Crippen molar-refractivity contribution < 1.29 is 0 Å². The largest absolute Gasteiger partial charge is 0.0887 e. The predicted molar refractivity (Wildman–Crippen MR) is 163 cm³/mol. The lowest BCUT2D eigenvalue weighted by molar-refractivity contribution is 1.34. The van der Waals surface area contributed by atoms with Crippen LogP contribution in [-0.4, -0.2) is 0 Å². The molecule has 0 radical (unpaired) electrons. The molecular formula is C36H24S2. The van der Waals surface area contributed by atoms with Gasteiger partial charge in [0.25, 0.3) is 0 Å². The minimum Gasteiger partial charge on any atom is -0.0887 e. The first-order chi connectivity index (χ1) is 18.6. The van der Waals surface area contributed by atoms with E-state index in [1.807, 2.05) is 23.5 Å². The number of aryl methyl sites for hydroxylation is 2. The minimum absolute atomic E-state index is 1.27. The number of fused-ring (bicyclic) bond motifs is 4. The molecule has 0 aromatic heterocycles. The second kappa shape index (κ2) is 8.39. The Morgan fingerprint density at radius 1 is 0.342 bits per heavy atom. The van der Waals surface area contributed by atoms with Crippen molar-refractivity contribution in [2.75, 3.05) is 0 Å². The van der Waals surface area contributed by atoms with Gasteiger partial charge in [-0.2, -0.15) is 0 Å². The van der Waals surface area contributed by atoms with Gasteiger partial charge >= 0.3 is 0 Å². The molecule has 0 saturated heterocycles. The molecule has 2 heterocycles. The molecule has 0 N–H and O–H groups in total. The van der Waals surface area contributed by atoms with Crippen LogP contribution in [0, 0.1) is 13.8 Å². The summed E-state index contributed by atoms with van der Waals surface area (Å²) in [6, 6.07) is 41.0. The third kappa shape index (κ3) is 3.41. The molecule has 0 atom stereocenters. The highest BCUT2D eigenvalue weighted by Gasteiger charge is 2.26. The van der Waals surface area contributed by atoms with Gasteiger partial charge in [-0.15, -0.1) is 0 Å². The summed E-state index contributed by atoms with van der Waals surface area (Å²) in [5, 5.41) is 2.81. The Balaban J connectivity index is 1.26. The van der Waals surface area contributed by atoms with Crippen molar-refractivity contribution in [2.45, 2.75) is 33.4 Å². The summed E-state index contributed by atoms with van der Waals surface area (Å²) in [4.78, 5) is 5.39. The van der Waals surface area contributed by atoms with Gasteiger partial charge in [-0.05, 0) is 82.6 Å². The van der Waals surface area contributed by atoms with E-state index < -0.39 is 0 Å². The maximum Gasteiger partial charge on any atom is 0.0208 e. The van der Waals surface area contributed by atoms with Gasteiger partial charge in [0.15, 0.2) is 0 Å². The third-order valence-corrected chi connectivity index (χ3v) is 10.1. The first-order valence-corrected chi connectivity index (χ1v) is 14.6. The molecule has 2 heteroatoms. The molecule has 6 aromatic carbocycles. The van der Waals surface area contributed by atoms with E-state index in [9.17, 15) is 0 Å². The molecule has 38 heavy (non-hydrogen) atoms. The number of hydrogen-bond acceptors (Lipinski definition) is 2. The van der Waals surface area contributed by atoms with Gasteiger partial charge in [0.05, 0.1) is 0 Å². The Labute approximate surface area is 231 Å². The maximum absolute atomic E-state index is 2.36. The molecule has 0 amide bonds. The fourth-order valence-corrected chi connectivity index (χ4v) is 8.12. The van der Waals surface area contributed by atoms with Gasteiger partial charge in [0, 0.05) is 30.4 Å². The van der Waals surface area contributed by atoms with Gasteiger partial charge < -0.3 is 0 Å². The molecule has 0 aliphatic carbocycles. The fourth-order valence-electron chi connectivity index (χ4n) is 5.80. The lowest BCUT2D eigenvalue weighted by Gasteiger charge is -2.27. The van der Waals surface area contributed by atoms with E-state index in [4.69, 9.17) is 0 Å². The van der Waals surface area contributed by atoms with E-state index in [-0.39, 0.29) is 0 Å². The van der Waals surface area contributed by atoms with Crippen LogP contribution in [0.3, 0.4) is 0 Å². The zero-order valence-electron chi connectivity index (χ0n) is 21.2. The fraction of sp³-hybridized carbons (Fsp3) is 0.0556. The Bertz CT molecular complexity index is 1770. The van der Waals surface area contributed by atoms with Gasteiger partial charge in [-0.25, -0.2) is 0 Å². The SMILES string of the molecule is Cc1ccc(-c2ccc3c(c2)Sc2ccc4c5c(ccc-3c25)-c2ccc(-c3ccc(C)cc3)cc2S4)cc1. The van der Waals surface area contributed by atoms with Crippen molar-refractivity contribution in [3.05, 3.63) is 120 Å². The quantitative estimate of drug-likeness (QED) is 0.222. The first kappa shape index (κ1) is 22.3. The summed E-state index contributed by atoms with van der Waals surface area (Å²) >= 11 is 3.82.